The zero-order valence-corrected chi connectivity index (χ0v) is 11.2. The molecule has 3 aromatic rings. The number of rotatable bonds is 2. The van der Waals surface area contributed by atoms with Gasteiger partial charge < -0.3 is 0 Å². The number of hydrogen-bond donors (Lipinski definition) is 0. The highest BCUT2D eigenvalue weighted by Gasteiger charge is 2.11. The molecule has 0 bridgehead atoms. The molecule has 0 N–H and O–H groups in total. The lowest BCUT2D eigenvalue weighted by Crippen LogP contribution is -2.01. The van der Waals surface area contributed by atoms with Crippen molar-refractivity contribution in [2.24, 2.45) is 0 Å². The Balaban J connectivity index is 2.32. The molecule has 0 radical (unpaired) electrons. The van der Waals surface area contributed by atoms with Crippen molar-refractivity contribution in [2.75, 3.05) is 0 Å². The van der Waals surface area contributed by atoms with E-state index < -0.39 is 5.82 Å². The summed E-state index contributed by atoms with van der Waals surface area (Å²) >= 11 is 0. The Labute approximate surface area is 121 Å². The topological polar surface area (TPSA) is 17.8 Å². The molecule has 0 spiro atoms. The van der Waals surface area contributed by atoms with Crippen LogP contribution in [0.25, 0.3) is 17.1 Å². The van der Waals surface area contributed by atoms with Gasteiger partial charge in [0.05, 0.1) is 9.80 Å². The molecule has 0 saturated heterocycles. The van der Waals surface area contributed by atoms with Crippen LogP contribution < -0.4 is 0 Å². The fourth-order valence-electron chi connectivity index (χ4n) is 2.29. The molecule has 3 heteroatoms. The molecule has 2 nitrogen and oxygen atoms in total. The van der Waals surface area contributed by atoms with Crippen molar-refractivity contribution in [2.45, 2.75) is 13.8 Å². The van der Waals surface area contributed by atoms with Gasteiger partial charge in [-0.3, -0.25) is 4.57 Å². The number of aromatic nitrogens is 2. The molecule has 100 valence electrons. The van der Waals surface area contributed by atoms with Crippen LogP contribution >= 0.6 is 0 Å². The SMILES string of the molecule is [2H]c1cc(-c2nc([2H])c([2H])n2-c2c(C)cccc2C)ccc1F. The number of benzene rings is 2. The van der Waals surface area contributed by atoms with Gasteiger partial charge in [0.2, 0.25) is 0 Å². The summed E-state index contributed by atoms with van der Waals surface area (Å²) in [5.74, 6) is -0.248. The van der Waals surface area contributed by atoms with Crippen LogP contribution in [0.4, 0.5) is 4.39 Å². The number of hydrogen-bond acceptors (Lipinski definition) is 1. The Kier molecular flexibility index (Phi) is 2.34. The maximum Gasteiger partial charge on any atom is 0.144 e. The lowest BCUT2D eigenvalue weighted by atomic mass is 10.1. The lowest BCUT2D eigenvalue weighted by molar-refractivity contribution is 0.628. The second kappa shape index (κ2) is 4.93. The Morgan fingerprint density at radius 2 is 1.85 bits per heavy atom. The van der Waals surface area contributed by atoms with E-state index in [2.05, 4.69) is 4.98 Å². The normalized spacial score (nSPS) is 12.8. The fourth-order valence-corrected chi connectivity index (χ4v) is 2.29. The Hall–Kier alpha value is -2.42. The molecular weight excluding hydrogens is 251 g/mol. The van der Waals surface area contributed by atoms with Gasteiger partial charge in [0.1, 0.15) is 11.6 Å². The fraction of sp³-hybridized carbons (Fsp3) is 0.118. The minimum atomic E-state index is -0.615. The highest BCUT2D eigenvalue weighted by Crippen LogP contribution is 2.25. The van der Waals surface area contributed by atoms with E-state index in [1.165, 1.54) is 18.2 Å². The second-order valence-corrected chi connectivity index (χ2v) is 4.66. The number of para-hydroxylation sites is 1. The van der Waals surface area contributed by atoms with Crippen LogP contribution in [0.15, 0.2) is 54.8 Å². The summed E-state index contributed by atoms with van der Waals surface area (Å²) in [5.41, 5.74) is 3.19. The van der Waals surface area contributed by atoms with Crippen molar-refractivity contribution in [1.82, 2.24) is 9.55 Å². The van der Waals surface area contributed by atoms with E-state index in [-0.39, 0.29) is 18.4 Å². The molecule has 3 rings (SSSR count). The van der Waals surface area contributed by atoms with Crippen LogP contribution in [-0.2, 0) is 0 Å². The maximum atomic E-state index is 13.4. The Morgan fingerprint density at radius 1 is 1.10 bits per heavy atom. The highest BCUT2D eigenvalue weighted by molar-refractivity contribution is 5.61. The van der Waals surface area contributed by atoms with E-state index in [0.717, 1.165) is 16.8 Å². The van der Waals surface area contributed by atoms with Crippen molar-refractivity contribution in [3.63, 3.8) is 0 Å². The Morgan fingerprint density at radius 3 is 2.55 bits per heavy atom. The van der Waals surface area contributed by atoms with Crippen molar-refractivity contribution >= 4 is 0 Å². The third kappa shape index (κ3) is 2.11. The van der Waals surface area contributed by atoms with Crippen molar-refractivity contribution < 1.29 is 8.50 Å². The van der Waals surface area contributed by atoms with Gasteiger partial charge in [0.15, 0.2) is 0 Å². The molecule has 0 aliphatic heterocycles. The molecule has 0 atom stereocenters. The quantitative estimate of drug-likeness (QED) is 0.678. The second-order valence-electron chi connectivity index (χ2n) is 4.66. The first-order valence-corrected chi connectivity index (χ1v) is 6.29. The molecule has 0 amide bonds. The lowest BCUT2D eigenvalue weighted by Gasteiger charge is -2.13. The number of nitrogens with zero attached hydrogens (tertiary/aromatic N) is 2. The number of aryl methyl sites for hydroxylation is 2. The minimum Gasteiger partial charge on any atom is -0.299 e. The Bertz CT molecular complexity index is 883. The molecule has 0 fully saturated rings. The smallest absolute Gasteiger partial charge is 0.144 e. The summed E-state index contributed by atoms with van der Waals surface area (Å²) in [6.07, 6.45) is -0.188. The van der Waals surface area contributed by atoms with Crippen LogP contribution in [0, 0.1) is 19.7 Å². The van der Waals surface area contributed by atoms with E-state index in [1.54, 1.807) is 4.57 Å². The van der Waals surface area contributed by atoms with Gasteiger partial charge in [-0.15, -0.1) is 0 Å². The minimum absolute atomic E-state index is 0.0340. The average molecular weight is 269 g/mol. The van der Waals surface area contributed by atoms with Gasteiger partial charge in [0, 0.05) is 17.9 Å². The third-order valence-electron chi connectivity index (χ3n) is 3.23. The molecular formula is C17H15FN2. The summed E-state index contributed by atoms with van der Waals surface area (Å²) in [4.78, 5) is 4.15. The summed E-state index contributed by atoms with van der Waals surface area (Å²) in [5, 5.41) is 0. The van der Waals surface area contributed by atoms with Gasteiger partial charge in [-0.2, -0.15) is 0 Å². The van der Waals surface area contributed by atoms with Crippen LogP contribution in [0.1, 0.15) is 15.2 Å². The van der Waals surface area contributed by atoms with Crippen LogP contribution in [-0.4, -0.2) is 9.55 Å². The molecule has 0 saturated carbocycles. The first kappa shape index (κ1) is 9.48. The first-order chi connectivity index (χ1) is 10.9. The van der Waals surface area contributed by atoms with Gasteiger partial charge in [0.25, 0.3) is 0 Å². The van der Waals surface area contributed by atoms with E-state index in [9.17, 15) is 4.39 Å². The van der Waals surface area contributed by atoms with E-state index in [1.807, 2.05) is 32.0 Å². The largest absolute Gasteiger partial charge is 0.299 e. The van der Waals surface area contributed by atoms with Crippen LogP contribution in [0.5, 0.6) is 0 Å². The molecule has 1 heterocycles. The molecule has 0 unspecified atom stereocenters. The first-order valence-electron chi connectivity index (χ1n) is 7.79. The highest BCUT2D eigenvalue weighted by atomic mass is 19.1. The summed E-state index contributed by atoms with van der Waals surface area (Å²) in [6.45, 7) is 3.85. The number of halogens is 1. The van der Waals surface area contributed by atoms with Crippen molar-refractivity contribution in [3.8, 4) is 17.1 Å². The predicted molar refractivity (Wildman–Crippen MR) is 78.4 cm³/mol. The average Bonchev–Trinajstić information content (AvgIpc) is 2.79. The third-order valence-corrected chi connectivity index (χ3v) is 3.23. The zero-order valence-electron chi connectivity index (χ0n) is 14.2. The van der Waals surface area contributed by atoms with Crippen molar-refractivity contribution in [3.05, 3.63) is 71.7 Å². The molecule has 0 aliphatic rings. The van der Waals surface area contributed by atoms with Crippen molar-refractivity contribution in [1.29, 1.82) is 0 Å². The molecule has 1 aromatic heterocycles. The molecule has 2 aromatic carbocycles. The van der Waals surface area contributed by atoms with E-state index in [0.29, 0.717) is 11.4 Å². The van der Waals surface area contributed by atoms with Gasteiger partial charge in [-0.1, -0.05) is 18.2 Å². The van der Waals surface area contributed by atoms with Crippen LogP contribution in [0.3, 0.4) is 0 Å². The summed E-state index contributed by atoms with van der Waals surface area (Å²) in [7, 11) is 0. The summed E-state index contributed by atoms with van der Waals surface area (Å²) < 4.78 is 38.6. The molecule has 20 heavy (non-hydrogen) atoms. The number of imidazole rings is 1. The standard InChI is InChI=1S/C17H15FN2/c1-12-4-3-5-13(2)16(12)20-11-10-19-17(20)14-6-8-15(18)9-7-14/h3-11H,1-2H3/i8D,10D,11D. The zero-order chi connectivity index (χ0) is 16.7. The summed E-state index contributed by atoms with van der Waals surface area (Å²) in [6, 6.07) is 9.62. The van der Waals surface area contributed by atoms with E-state index >= 15 is 0 Å². The molecule has 0 aliphatic carbocycles. The predicted octanol–water partition coefficient (Wildman–Crippen LogP) is 4.30. The van der Waals surface area contributed by atoms with Gasteiger partial charge in [-0.05, 0) is 49.2 Å². The monoisotopic (exact) mass is 269 g/mol. The van der Waals surface area contributed by atoms with Gasteiger partial charge in [-0.25, -0.2) is 9.37 Å². The van der Waals surface area contributed by atoms with E-state index in [4.69, 9.17) is 4.11 Å². The maximum absolute atomic E-state index is 13.4. The van der Waals surface area contributed by atoms with Gasteiger partial charge >= 0.3 is 0 Å². The van der Waals surface area contributed by atoms with Crippen LogP contribution in [0.2, 0.25) is 0 Å².